The maximum Gasteiger partial charge on any atom is 0.217 e. The molecule has 0 saturated carbocycles. The number of rotatable bonds is 9. The van der Waals surface area contributed by atoms with Crippen molar-refractivity contribution in [2.24, 2.45) is 5.73 Å². The number of amides is 1. The van der Waals surface area contributed by atoms with Crippen LogP contribution in [0.2, 0.25) is 0 Å². The predicted octanol–water partition coefficient (Wildman–Crippen LogP) is 2.16. The minimum absolute atomic E-state index is 0.0745. The fraction of sp³-hybridized carbons (Fsp3) is 0.632. The topological polar surface area (TPSA) is 98.5 Å². The van der Waals surface area contributed by atoms with Crippen molar-refractivity contribution in [1.29, 1.82) is 0 Å². The molecule has 0 aromatic heterocycles. The van der Waals surface area contributed by atoms with Crippen molar-refractivity contribution in [3.05, 3.63) is 29.8 Å². The molecule has 2 atom stereocenters. The highest BCUT2D eigenvalue weighted by molar-refractivity contribution is 7.91. The molecule has 0 fully saturated rings. The van der Waals surface area contributed by atoms with Crippen LogP contribution in [0, 0.1) is 0 Å². The molecule has 2 unspecified atom stereocenters. The van der Waals surface area contributed by atoms with E-state index in [2.05, 4.69) is 5.32 Å². The van der Waals surface area contributed by atoms with Crippen molar-refractivity contribution in [1.82, 2.24) is 5.32 Å². The lowest BCUT2D eigenvalue weighted by Gasteiger charge is -2.42. The SMILES string of the molecule is CCS(=O)(=O)C(CCCCC(N)=O)NC1Cc2ccccc2OC1(C)C. The zero-order valence-electron chi connectivity index (χ0n) is 15.8. The van der Waals surface area contributed by atoms with Crippen LogP contribution in [0.25, 0.3) is 0 Å². The third-order valence-electron chi connectivity index (χ3n) is 4.97. The second kappa shape index (κ2) is 8.39. The van der Waals surface area contributed by atoms with E-state index in [1.165, 1.54) is 0 Å². The summed E-state index contributed by atoms with van der Waals surface area (Å²) in [7, 11) is -3.27. The van der Waals surface area contributed by atoms with Crippen LogP contribution in [0.5, 0.6) is 5.75 Å². The number of fused-ring (bicyclic) bond motifs is 1. The van der Waals surface area contributed by atoms with Crippen LogP contribution in [-0.2, 0) is 21.1 Å². The summed E-state index contributed by atoms with van der Waals surface area (Å²) in [6, 6.07) is 7.72. The van der Waals surface area contributed by atoms with Gasteiger partial charge in [-0.3, -0.25) is 10.1 Å². The van der Waals surface area contributed by atoms with Crippen LogP contribution in [-0.4, -0.2) is 37.1 Å². The average Bonchev–Trinajstić information content (AvgIpc) is 2.57. The van der Waals surface area contributed by atoms with Crippen LogP contribution in [0.1, 0.15) is 52.0 Å². The maximum atomic E-state index is 12.6. The number of hydrogen-bond donors (Lipinski definition) is 2. The van der Waals surface area contributed by atoms with Gasteiger partial charge in [0.25, 0.3) is 0 Å². The Labute approximate surface area is 156 Å². The highest BCUT2D eigenvalue weighted by atomic mass is 32.2. The van der Waals surface area contributed by atoms with Crippen LogP contribution in [0.15, 0.2) is 24.3 Å². The molecule has 1 aliphatic rings. The number of carbonyl (C=O) groups is 1. The second-order valence-electron chi connectivity index (χ2n) is 7.39. The van der Waals surface area contributed by atoms with Gasteiger partial charge in [-0.2, -0.15) is 0 Å². The van der Waals surface area contributed by atoms with Crippen LogP contribution < -0.4 is 15.8 Å². The normalized spacial score (nSPS) is 20.0. The summed E-state index contributed by atoms with van der Waals surface area (Å²) in [5, 5.41) is 2.68. The van der Waals surface area contributed by atoms with Gasteiger partial charge in [0.05, 0.1) is 6.04 Å². The summed E-state index contributed by atoms with van der Waals surface area (Å²) in [5.41, 5.74) is 5.71. The molecule has 1 heterocycles. The Kier molecular flexibility index (Phi) is 6.69. The first kappa shape index (κ1) is 20.7. The van der Waals surface area contributed by atoms with E-state index in [0.29, 0.717) is 25.7 Å². The van der Waals surface area contributed by atoms with Crippen molar-refractivity contribution in [2.75, 3.05) is 5.75 Å². The van der Waals surface area contributed by atoms with Gasteiger partial charge in [0.2, 0.25) is 5.91 Å². The number of sulfone groups is 1. The van der Waals surface area contributed by atoms with E-state index in [-0.39, 0.29) is 24.1 Å². The number of benzene rings is 1. The fourth-order valence-corrected chi connectivity index (χ4v) is 4.57. The molecule has 1 aromatic carbocycles. The average molecular weight is 383 g/mol. The minimum atomic E-state index is -3.27. The summed E-state index contributed by atoms with van der Waals surface area (Å²) in [5.74, 6) is 0.573. The molecule has 6 nitrogen and oxygen atoms in total. The first-order valence-electron chi connectivity index (χ1n) is 9.18. The third kappa shape index (κ3) is 5.20. The van der Waals surface area contributed by atoms with Crippen molar-refractivity contribution >= 4 is 15.7 Å². The smallest absolute Gasteiger partial charge is 0.217 e. The first-order valence-corrected chi connectivity index (χ1v) is 10.9. The highest BCUT2D eigenvalue weighted by Crippen LogP contribution is 2.33. The number of para-hydroxylation sites is 1. The molecule has 0 radical (unpaired) electrons. The predicted molar refractivity (Wildman–Crippen MR) is 103 cm³/mol. The molecular formula is C19H30N2O4S. The maximum absolute atomic E-state index is 12.6. The summed E-state index contributed by atoms with van der Waals surface area (Å²) >= 11 is 0. The van der Waals surface area contributed by atoms with Gasteiger partial charge in [-0.1, -0.05) is 31.5 Å². The molecule has 2 rings (SSSR count). The molecule has 0 bridgehead atoms. The second-order valence-corrected chi connectivity index (χ2v) is 9.86. The Morgan fingerprint density at radius 3 is 2.69 bits per heavy atom. The van der Waals surface area contributed by atoms with Gasteiger partial charge < -0.3 is 10.5 Å². The Morgan fingerprint density at radius 2 is 2.04 bits per heavy atom. The molecule has 3 N–H and O–H groups in total. The van der Waals surface area contributed by atoms with Gasteiger partial charge in [-0.15, -0.1) is 0 Å². The summed E-state index contributed by atoms with van der Waals surface area (Å²) < 4.78 is 31.2. The van der Waals surface area contributed by atoms with Crippen molar-refractivity contribution in [2.45, 2.75) is 69.9 Å². The lowest BCUT2D eigenvalue weighted by Crippen LogP contribution is -2.58. The van der Waals surface area contributed by atoms with E-state index >= 15 is 0 Å². The molecular weight excluding hydrogens is 352 g/mol. The summed E-state index contributed by atoms with van der Waals surface area (Å²) in [6.07, 6.45) is 2.67. The van der Waals surface area contributed by atoms with Gasteiger partial charge in [0.1, 0.15) is 16.7 Å². The van der Waals surface area contributed by atoms with E-state index in [4.69, 9.17) is 10.5 Å². The van der Waals surface area contributed by atoms with E-state index in [0.717, 1.165) is 11.3 Å². The molecule has 146 valence electrons. The monoisotopic (exact) mass is 382 g/mol. The standard InChI is InChI=1S/C19H30N2O4S/c1-4-26(23,24)18(12-8-7-11-17(20)22)21-16-13-14-9-5-6-10-15(14)25-19(16,2)3/h5-6,9-10,16,18,21H,4,7-8,11-13H2,1-3H3,(H2,20,22). The third-order valence-corrected chi connectivity index (χ3v) is 7.01. The molecule has 0 saturated heterocycles. The van der Waals surface area contributed by atoms with Gasteiger partial charge in [-0.05, 0) is 44.7 Å². The van der Waals surface area contributed by atoms with Crippen LogP contribution >= 0.6 is 0 Å². The number of nitrogens with two attached hydrogens (primary N) is 1. The lowest BCUT2D eigenvalue weighted by molar-refractivity contribution is -0.118. The van der Waals surface area contributed by atoms with Crippen molar-refractivity contribution < 1.29 is 17.9 Å². The number of unbranched alkanes of at least 4 members (excludes halogenated alkanes) is 1. The Morgan fingerprint density at radius 1 is 1.35 bits per heavy atom. The number of carbonyl (C=O) groups excluding carboxylic acids is 1. The van der Waals surface area contributed by atoms with E-state index < -0.39 is 20.8 Å². The lowest BCUT2D eigenvalue weighted by atomic mass is 9.88. The first-order chi connectivity index (χ1) is 12.2. The quantitative estimate of drug-likeness (QED) is 0.638. The number of primary amides is 1. The Bertz CT molecular complexity index is 731. The summed E-state index contributed by atoms with van der Waals surface area (Å²) in [6.45, 7) is 5.61. The zero-order valence-corrected chi connectivity index (χ0v) is 16.6. The van der Waals surface area contributed by atoms with Crippen LogP contribution in [0.4, 0.5) is 0 Å². The largest absolute Gasteiger partial charge is 0.486 e. The van der Waals surface area contributed by atoms with Gasteiger partial charge in [0, 0.05) is 12.2 Å². The Hall–Kier alpha value is -1.60. The van der Waals surface area contributed by atoms with Gasteiger partial charge >= 0.3 is 0 Å². The van der Waals surface area contributed by atoms with E-state index in [1.54, 1.807) is 6.92 Å². The van der Waals surface area contributed by atoms with Crippen molar-refractivity contribution in [3.63, 3.8) is 0 Å². The minimum Gasteiger partial charge on any atom is -0.486 e. The van der Waals surface area contributed by atoms with E-state index in [9.17, 15) is 13.2 Å². The number of hydrogen-bond acceptors (Lipinski definition) is 5. The summed E-state index contributed by atoms with van der Waals surface area (Å²) in [4.78, 5) is 10.9. The highest BCUT2D eigenvalue weighted by Gasteiger charge is 2.39. The molecule has 1 amide bonds. The molecule has 1 aromatic rings. The molecule has 1 aliphatic heterocycles. The van der Waals surface area contributed by atoms with Crippen LogP contribution in [0.3, 0.4) is 0 Å². The van der Waals surface area contributed by atoms with Gasteiger partial charge in [0.15, 0.2) is 9.84 Å². The number of ether oxygens (including phenoxy) is 1. The fourth-order valence-electron chi connectivity index (χ4n) is 3.27. The molecule has 26 heavy (non-hydrogen) atoms. The molecule has 7 heteroatoms. The Balaban J connectivity index is 2.12. The number of nitrogens with one attached hydrogen (secondary N) is 1. The molecule has 0 spiro atoms. The molecule has 0 aliphatic carbocycles. The van der Waals surface area contributed by atoms with Crippen molar-refractivity contribution in [3.8, 4) is 5.75 Å². The van der Waals surface area contributed by atoms with Gasteiger partial charge in [-0.25, -0.2) is 8.42 Å². The zero-order chi connectivity index (χ0) is 19.4. The van der Waals surface area contributed by atoms with E-state index in [1.807, 2.05) is 38.1 Å².